The van der Waals surface area contributed by atoms with Crippen molar-refractivity contribution in [1.29, 1.82) is 0 Å². The largest absolute Gasteiger partial charge is 0.324 e. The summed E-state index contributed by atoms with van der Waals surface area (Å²) < 4.78 is 0. The highest BCUT2D eigenvalue weighted by Crippen LogP contribution is 2.37. The summed E-state index contributed by atoms with van der Waals surface area (Å²) >= 11 is 11.9. The highest BCUT2D eigenvalue weighted by Gasteiger charge is 2.32. The van der Waals surface area contributed by atoms with Crippen LogP contribution in [0.2, 0.25) is 10.0 Å². The lowest BCUT2D eigenvalue weighted by molar-refractivity contribution is -0.119. The summed E-state index contributed by atoms with van der Waals surface area (Å²) in [4.78, 5) is 11.8. The molecule has 0 aliphatic heterocycles. The van der Waals surface area contributed by atoms with Gasteiger partial charge in [-0.05, 0) is 30.9 Å². The molecule has 1 fully saturated rings. The average Bonchev–Trinajstić information content (AvgIpc) is 3.07. The van der Waals surface area contributed by atoms with Crippen molar-refractivity contribution in [2.24, 2.45) is 11.8 Å². The molecule has 1 N–H and O–H groups in total. The van der Waals surface area contributed by atoms with Gasteiger partial charge in [-0.15, -0.1) is 0 Å². The molecule has 1 amide bonds. The second-order valence-electron chi connectivity index (χ2n) is 4.22. The average molecular weight is 258 g/mol. The van der Waals surface area contributed by atoms with E-state index in [9.17, 15) is 4.79 Å². The number of carbonyl (C=O) groups is 1. The van der Waals surface area contributed by atoms with Crippen LogP contribution in [0.3, 0.4) is 0 Å². The number of halogens is 2. The number of nitrogens with one attached hydrogen (secondary N) is 1. The van der Waals surface area contributed by atoms with Gasteiger partial charge in [0.05, 0.1) is 15.7 Å². The van der Waals surface area contributed by atoms with E-state index in [-0.39, 0.29) is 11.8 Å². The van der Waals surface area contributed by atoms with E-state index in [1.807, 2.05) is 6.92 Å². The number of hydrogen-bond acceptors (Lipinski definition) is 1. The van der Waals surface area contributed by atoms with E-state index in [1.54, 1.807) is 18.2 Å². The van der Waals surface area contributed by atoms with Crippen molar-refractivity contribution in [3.05, 3.63) is 28.2 Å². The molecule has 2 nitrogen and oxygen atoms in total. The van der Waals surface area contributed by atoms with Gasteiger partial charge in [0.1, 0.15) is 0 Å². The van der Waals surface area contributed by atoms with Gasteiger partial charge in [0.2, 0.25) is 5.91 Å². The van der Waals surface area contributed by atoms with Crippen LogP contribution in [0.15, 0.2) is 18.2 Å². The molecule has 0 aromatic heterocycles. The van der Waals surface area contributed by atoms with Crippen LogP contribution in [0, 0.1) is 11.8 Å². The quantitative estimate of drug-likeness (QED) is 0.872. The maximum atomic E-state index is 11.8. The zero-order valence-corrected chi connectivity index (χ0v) is 10.5. The van der Waals surface area contributed by atoms with Gasteiger partial charge in [-0.1, -0.05) is 36.2 Å². The Labute approximate surface area is 105 Å². The van der Waals surface area contributed by atoms with Crippen LogP contribution >= 0.6 is 23.2 Å². The molecule has 1 aliphatic rings. The molecule has 1 aromatic rings. The van der Waals surface area contributed by atoms with Gasteiger partial charge in [0, 0.05) is 5.92 Å². The number of benzene rings is 1. The Morgan fingerprint density at radius 1 is 1.44 bits per heavy atom. The summed E-state index contributed by atoms with van der Waals surface area (Å²) in [6.07, 6.45) is 2.30. The maximum Gasteiger partial charge on any atom is 0.227 e. The third-order valence-electron chi connectivity index (χ3n) is 2.95. The zero-order chi connectivity index (χ0) is 11.7. The normalized spacial score (nSPS) is 16.9. The third-order valence-corrected chi connectivity index (χ3v) is 3.77. The summed E-state index contributed by atoms with van der Waals surface area (Å²) in [6, 6.07) is 5.22. The highest BCUT2D eigenvalue weighted by molar-refractivity contribution is 6.43. The predicted octanol–water partition coefficient (Wildman–Crippen LogP) is 3.98. The van der Waals surface area contributed by atoms with Crippen molar-refractivity contribution in [2.45, 2.75) is 19.8 Å². The Morgan fingerprint density at radius 3 is 2.75 bits per heavy atom. The molecule has 0 heterocycles. The van der Waals surface area contributed by atoms with Crippen molar-refractivity contribution < 1.29 is 4.79 Å². The lowest BCUT2D eigenvalue weighted by Gasteiger charge is -2.12. The minimum absolute atomic E-state index is 0.0201. The molecule has 86 valence electrons. The molecular weight excluding hydrogens is 245 g/mol. The van der Waals surface area contributed by atoms with Crippen molar-refractivity contribution in [2.75, 3.05) is 5.32 Å². The third kappa shape index (κ3) is 2.50. The fraction of sp³-hybridized carbons (Fsp3) is 0.417. The Balaban J connectivity index is 2.08. The fourth-order valence-corrected chi connectivity index (χ4v) is 2.00. The minimum Gasteiger partial charge on any atom is -0.324 e. The molecule has 1 saturated carbocycles. The summed E-state index contributed by atoms with van der Waals surface area (Å²) in [6.45, 7) is 1.95. The molecule has 0 radical (unpaired) electrons. The maximum absolute atomic E-state index is 11.8. The topological polar surface area (TPSA) is 29.1 Å². The first-order valence-corrected chi connectivity index (χ1v) is 6.10. The molecule has 0 bridgehead atoms. The molecule has 1 aromatic carbocycles. The smallest absolute Gasteiger partial charge is 0.227 e. The van der Waals surface area contributed by atoms with Crippen LogP contribution in [0.4, 0.5) is 5.69 Å². The summed E-state index contributed by atoms with van der Waals surface area (Å²) in [5, 5.41) is 3.68. The van der Waals surface area contributed by atoms with Gasteiger partial charge in [-0.2, -0.15) is 0 Å². The standard InChI is InChI=1S/C12H13Cl2NO/c1-7(8-5-6-8)12(16)15-10-4-2-3-9(13)11(10)14/h2-4,7-8H,5-6H2,1H3,(H,15,16). The van der Waals surface area contributed by atoms with Crippen LogP contribution in [0.25, 0.3) is 0 Å². The van der Waals surface area contributed by atoms with Crippen LogP contribution in [0.5, 0.6) is 0 Å². The van der Waals surface area contributed by atoms with Crippen molar-refractivity contribution >= 4 is 34.8 Å². The Morgan fingerprint density at radius 2 is 2.12 bits per heavy atom. The lowest BCUT2D eigenvalue weighted by atomic mass is 10.1. The van der Waals surface area contributed by atoms with Crippen molar-refractivity contribution in [1.82, 2.24) is 0 Å². The first kappa shape index (κ1) is 11.7. The SMILES string of the molecule is CC(C(=O)Nc1cccc(Cl)c1Cl)C1CC1. The van der Waals surface area contributed by atoms with E-state index in [2.05, 4.69) is 5.32 Å². The molecular formula is C12H13Cl2NO. The molecule has 1 unspecified atom stereocenters. The van der Waals surface area contributed by atoms with E-state index in [0.29, 0.717) is 21.7 Å². The Bertz CT molecular complexity index is 415. The van der Waals surface area contributed by atoms with E-state index >= 15 is 0 Å². The van der Waals surface area contributed by atoms with Gasteiger partial charge >= 0.3 is 0 Å². The van der Waals surface area contributed by atoms with Crippen molar-refractivity contribution in [3.63, 3.8) is 0 Å². The first-order chi connectivity index (χ1) is 7.59. The van der Waals surface area contributed by atoms with Crippen LogP contribution in [0.1, 0.15) is 19.8 Å². The zero-order valence-electron chi connectivity index (χ0n) is 8.97. The monoisotopic (exact) mass is 257 g/mol. The molecule has 0 saturated heterocycles. The highest BCUT2D eigenvalue weighted by atomic mass is 35.5. The van der Waals surface area contributed by atoms with Gasteiger partial charge in [-0.3, -0.25) is 4.79 Å². The summed E-state index contributed by atoms with van der Waals surface area (Å²) in [7, 11) is 0. The van der Waals surface area contributed by atoms with Crippen LogP contribution in [-0.2, 0) is 4.79 Å². The molecule has 2 rings (SSSR count). The van der Waals surface area contributed by atoms with Gasteiger partial charge in [-0.25, -0.2) is 0 Å². The number of anilines is 1. The fourth-order valence-electron chi connectivity index (χ4n) is 1.66. The molecule has 16 heavy (non-hydrogen) atoms. The van der Waals surface area contributed by atoms with Gasteiger partial charge < -0.3 is 5.32 Å². The van der Waals surface area contributed by atoms with Crippen LogP contribution < -0.4 is 5.32 Å². The van der Waals surface area contributed by atoms with Gasteiger partial charge in [0.25, 0.3) is 0 Å². The summed E-state index contributed by atoms with van der Waals surface area (Å²) in [5.74, 6) is 0.611. The van der Waals surface area contributed by atoms with Gasteiger partial charge in [0.15, 0.2) is 0 Å². The number of carbonyl (C=O) groups excluding carboxylic acids is 1. The summed E-state index contributed by atoms with van der Waals surface area (Å²) in [5.41, 5.74) is 0.590. The first-order valence-electron chi connectivity index (χ1n) is 5.34. The molecule has 1 aliphatic carbocycles. The Kier molecular flexibility index (Phi) is 3.41. The Hall–Kier alpha value is -0.730. The van der Waals surface area contributed by atoms with E-state index in [0.717, 1.165) is 12.8 Å². The van der Waals surface area contributed by atoms with E-state index in [1.165, 1.54) is 0 Å². The molecule has 4 heteroatoms. The van der Waals surface area contributed by atoms with E-state index in [4.69, 9.17) is 23.2 Å². The second kappa shape index (κ2) is 4.64. The van der Waals surface area contributed by atoms with Crippen LogP contribution in [-0.4, -0.2) is 5.91 Å². The minimum atomic E-state index is 0.0201. The predicted molar refractivity (Wildman–Crippen MR) is 67.0 cm³/mol. The number of amides is 1. The van der Waals surface area contributed by atoms with E-state index < -0.39 is 0 Å². The number of rotatable bonds is 3. The molecule has 1 atom stereocenters. The number of hydrogen-bond donors (Lipinski definition) is 1. The second-order valence-corrected chi connectivity index (χ2v) is 5.00. The van der Waals surface area contributed by atoms with Crippen molar-refractivity contribution in [3.8, 4) is 0 Å². The lowest BCUT2D eigenvalue weighted by Crippen LogP contribution is -2.21. The molecule has 0 spiro atoms.